The highest BCUT2D eigenvalue weighted by molar-refractivity contribution is 5.32. The number of nitrogens with zero attached hydrogens (tertiary/aromatic N) is 1. The summed E-state index contributed by atoms with van der Waals surface area (Å²) in [7, 11) is 0. The first-order chi connectivity index (χ1) is 9.22. The van der Waals surface area contributed by atoms with Gasteiger partial charge in [-0.05, 0) is 35.4 Å². The zero-order chi connectivity index (χ0) is 13.7. The molecule has 2 aromatic rings. The van der Waals surface area contributed by atoms with Gasteiger partial charge in [0.25, 0.3) is 0 Å². The van der Waals surface area contributed by atoms with E-state index in [1.165, 1.54) is 12.1 Å². The molecule has 0 atom stereocenters. The Morgan fingerprint density at radius 2 is 1.79 bits per heavy atom. The van der Waals surface area contributed by atoms with Crippen LogP contribution in [0.3, 0.4) is 0 Å². The van der Waals surface area contributed by atoms with Crippen molar-refractivity contribution in [2.24, 2.45) is 0 Å². The van der Waals surface area contributed by atoms with Crippen molar-refractivity contribution in [2.75, 3.05) is 0 Å². The van der Waals surface area contributed by atoms with Crippen LogP contribution in [-0.4, -0.2) is 5.11 Å². The van der Waals surface area contributed by atoms with Crippen molar-refractivity contribution in [3.63, 3.8) is 0 Å². The predicted octanol–water partition coefficient (Wildman–Crippen LogP) is 2.77. The Morgan fingerprint density at radius 3 is 2.37 bits per heavy atom. The van der Waals surface area contributed by atoms with Gasteiger partial charge >= 0.3 is 0 Å². The highest BCUT2D eigenvalue weighted by Crippen LogP contribution is 2.19. The first kappa shape index (κ1) is 13.1. The predicted molar refractivity (Wildman–Crippen MR) is 67.8 cm³/mol. The highest BCUT2D eigenvalue weighted by atomic mass is 19.1. The fourth-order valence-corrected chi connectivity index (χ4v) is 1.60. The van der Waals surface area contributed by atoms with Gasteiger partial charge in [-0.2, -0.15) is 5.26 Å². The Morgan fingerprint density at radius 1 is 1.11 bits per heavy atom. The molecule has 0 unspecified atom stereocenters. The summed E-state index contributed by atoms with van der Waals surface area (Å²) < 4.78 is 18.9. The van der Waals surface area contributed by atoms with Crippen molar-refractivity contribution in [1.29, 1.82) is 5.26 Å². The van der Waals surface area contributed by atoms with Crippen LogP contribution in [0.4, 0.5) is 4.39 Å². The normalized spacial score (nSPS) is 9.95. The molecule has 0 aliphatic carbocycles. The fourth-order valence-electron chi connectivity index (χ4n) is 1.60. The molecule has 4 heteroatoms. The molecule has 0 aromatic heterocycles. The Labute approximate surface area is 110 Å². The van der Waals surface area contributed by atoms with Crippen LogP contribution < -0.4 is 4.74 Å². The standard InChI is InChI=1S/C15H12FNO2/c16-14-7-13(9-18)5-6-15(14)19-10-12-3-1-11(8-17)2-4-12/h1-7,18H,9-10H2. The molecule has 1 N–H and O–H groups in total. The maximum atomic E-state index is 13.6. The summed E-state index contributed by atoms with van der Waals surface area (Å²) in [5, 5.41) is 17.5. The summed E-state index contributed by atoms with van der Waals surface area (Å²) in [5.74, 6) is -0.359. The van der Waals surface area contributed by atoms with Gasteiger partial charge in [0.2, 0.25) is 0 Å². The number of nitriles is 1. The van der Waals surface area contributed by atoms with Gasteiger partial charge in [0.15, 0.2) is 11.6 Å². The molecule has 0 amide bonds. The average Bonchev–Trinajstić information content (AvgIpc) is 2.46. The van der Waals surface area contributed by atoms with Crippen molar-refractivity contribution >= 4 is 0 Å². The van der Waals surface area contributed by atoms with Crippen molar-refractivity contribution in [3.8, 4) is 11.8 Å². The molecule has 0 aliphatic heterocycles. The van der Waals surface area contributed by atoms with Crippen LogP contribution in [0.15, 0.2) is 42.5 Å². The van der Waals surface area contributed by atoms with Crippen LogP contribution in [-0.2, 0) is 13.2 Å². The van der Waals surface area contributed by atoms with E-state index in [-0.39, 0.29) is 19.0 Å². The minimum atomic E-state index is -0.500. The minimum absolute atomic E-state index is 0.140. The minimum Gasteiger partial charge on any atom is -0.486 e. The largest absolute Gasteiger partial charge is 0.486 e. The molecule has 0 saturated carbocycles. The lowest BCUT2D eigenvalue weighted by Crippen LogP contribution is -1.98. The monoisotopic (exact) mass is 257 g/mol. The van der Waals surface area contributed by atoms with Crippen LogP contribution in [0.2, 0.25) is 0 Å². The van der Waals surface area contributed by atoms with Crippen molar-refractivity contribution in [2.45, 2.75) is 13.2 Å². The first-order valence-corrected chi connectivity index (χ1v) is 5.74. The van der Waals surface area contributed by atoms with Gasteiger partial charge in [-0.1, -0.05) is 18.2 Å². The third-order valence-electron chi connectivity index (χ3n) is 2.66. The molecule has 96 valence electrons. The van der Waals surface area contributed by atoms with Gasteiger partial charge < -0.3 is 9.84 Å². The van der Waals surface area contributed by atoms with E-state index in [1.807, 2.05) is 6.07 Å². The van der Waals surface area contributed by atoms with Crippen molar-refractivity contribution < 1.29 is 14.2 Å². The number of hydrogen-bond acceptors (Lipinski definition) is 3. The van der Waals surface area contributed by atoms with Gasteiger partial charge in [0.1, 0.15) is 6.61 Å². The van der Waals surface area contributed by atoms with Crippen LogP contribution in [0, 0.1) is 17.1 Å². The second kappa shape index (κ2) is 5.98. The molecule has 19 heavy (non-hydrogen) atoms. The van der Waals surface area contributed by atoms with E-state index in [1.54, 1.807) is 30.3 Å². The third kappa shape index (κ3) is 3.30. The summed E-state index contributed by atoms with van der Waals surface area (Å²) in [6, 6.07) is 13.3. The van der Waals surface area contributed by atoms with Crippen molar-refractivity contribution in [3.05, 3.63) is 65.0 Å². The molecular weight excluding hydrogens is 245 g/mol. The molecule has 0 spiro atoms. The number of rotatable bonds is 4. The number of aliphatic hydroxyl groups excluding tert-OH is 1. The molecule has 0 fully saturated rings. The van der Waals surface area contributed by atoms with Crippen LogP contribution in [0.1, 0.15) is 16.7 Å². The van der Waals surface area contributed by atoms with Gasteiger partial charge in [0, 0.05) is 0 Å². The topological polar surface area (TPSA) is 53.2 Å². The zero-order valence-corrected chi connectivity index (χ0v) is 10.1. The lowest BCUT2D eigenvalue weighted by Gasteiger charge is -2.08. The Bertz CT molecular complexity index is 603. The number of halogens is 1. The van der Waals surface area contributed by atoms with E-state index >= 15 is 0 Å². The number of benzene rings is 2. The third-order valence-corrected chi connectivity index (χ3v) is 2.66. The fraction of sp³-hybridized carbons (Fsp3) is 0.133. The molecule has 0 bridgehead atoms. The Balaban J connectivity index is 2.04. The molecular formula is C15H12FNO2. The molecule has 2 aromatic carbocycles. The van der Waals surface area contributed by atoms with E-state index in [0.29, 0.717) is 11.1 Å². The molecule has 0 aliphatic rings. The van der Waals surface area contributed by atoms with Crippen LogP contribution in [0.25, 0.3) is 0 Å². The summed E-state index contributed by atoms with van der Waals surface area (Å²) in [4.78, 5) is 0. The lowest BCUT2D eigenvalue weighted by molar-refractivity contribution is 0.276. The summed E-state index contributed by atoms with van der Waals surface area (Å²) in [6.45, 7) is 0.0217. The lowest BCUT2D eigenvalue weighted by atomic mass is 10.1. The molecule has 3 nitrogen and oxygen atoms in total. The van der Waals surface area contributed by atoms with E-state index in [2.05, 4.69) is 0 Å². The molecule has 0 saturated heterocycles. The first-order valence-electron chi connectivity index (χ1n) is 5.74. The van der Waals surface area contributed by atoms with Gasteiger partial charge in [0.05, 0.1) is 18.2 Å². The second-order valence-corrected chi connectivity index (χ2v) is 4.02. The SMILES string of the molecule is N#Cc1ccc(COc2ccc(CO)cc2F)cc1. The average molecular weight is 257 g/mol. The van der Waals surface area contributed by atoms with Crippen LogP contribution in [0.5, 0.6) is 5.75 Å². The van der Waals surface area contributed by atoms with E-state index in [0.717, 1.165) is 5.56 Å². The van der Waals surface area contributed by atoms with Gasteiger partial charge in [-0.25, -0.2) is 4.39 Å². The molecule has 2 rings (SSSR count). The van der Waals surface area contributed by atoms with E-state index < -0.39 is 5.82 Å². The summed E-state index contributed by atoms with van der Waals surface area (Å²) in [6.07, 6.45) is 0. The Hall–Kier alpha value is -2.38. The number of hydrogen-bond donors (Lipinski definition) is 1. The maximum absolute atomic E-state index is 13.6. The smallest absolute Gasteiger partial charge is 0.165 e. The van der Waals surface area contributed by atoms with Gasteiger partial charge in [-0.15, -0.1) is 0 Å². The van der Waals surface area contributed by atoms with Crippen LogP contribution >= 0.6 is 0 Å². The van der Waals surface area contributed by atoms with E-state index in [4.69, 9.17) is 15.1 Å². The quantitative estimate of drug-likeness (QED) is 0.916. The van der Waals surface area contributed by atoms with E-state index in [9.17, 15) is 4.39 Å². The summed E-state index contributed by atoms with van der Waals surface area (Å²) in [5.41, 5.74) is 1.93. The van der Waals surface area contributed by atoms with Crippen molar-refractivity contribution in [1.82, 2.24) is 0 Å². The van der Waals surface area contributed by atoms with Gasteiger partial charge in [-0.3, -0.25) is 0 Å². The summed E-state index contributed by atoms with van der Waals surface area (Å²) >= 11 is 0. The maximum Gasteiger partial charge on any atom is 0.165 e. The molecule has 0 radical (unpaired) electrons. The highest BCUT2D eigenvalue weighted by Gasteiger charge is 2.05. The molecule has 0 heterocycles. The number of aliphatic hydroxyl groups is 1. The number of ether oxygens (including phenoxy) is 1. The second-order valence-electron chi connectivity index (χ2n) is 4.02. The zero-order valence-electron chi connectivity index (χ0n) is 10.1. The Kier molecular flexibility index (Phi) is 4.11.